The van der Waals surface area contributed by atoms with Crippen molar-refractivity contribution in [2.24, 2.45) is 0 Å². The van der Waals surface area contributed by atoms with Gasteiger partial charge in [0.1, 0.15) is 5.75 Å². The molecule has 3 nitrogen and oxygen atoms in total. The Labute approximate surface area is 109 Å². The van der Waals surface area contributed by atoms with Gasteiger partial charge >= 0.3 is 0 Å². The molecule has 0 radical (unpaired) electrons. The number of nitrogens with one attached hydrogen (secondary N) is 2. The van der Waals surface area contributed by atoms with Crippen LogP contribution in [0.1, 0.15) is 37.3 Å². The SMILES string of the molecule is COc1ccc([C@H]2CN[C@@H]3CCCC[C@@H]3N2)cc1. The molecule has 1 saturated heterocycles. The second-order valence-electron chi connectivity index (χ2n) is 5.40. The number of ether oxygens (including phenoxy) is 1. The summed E-state index contributed by atoms with van der Waals surface area (Å²) in [6.07, 6.45) is 5.38. The number of rotatable bonds is 2. The summed E-state index contributed by atoms with van der Waals surface area (Å²) in [6, 6.07) is 10.2. The van der Waals surface area contributed by atoms with E-state index in [9.17, 15) is 0 Å². The molecule has 2 fully saturated rings. The van der Waals surface area contributed by atoms with E-state index < -0.39 is 0 Å². The zero-order chi connectivity index (χ0) is 12.4. The fraction of sp³-hybridized carbons (Fsp3) is 0.600. The third-order valence-electron chi connectivity index (χ3n) is 4.28. The Balaban J connectivity index is 1.69. The maximum absolute atomic E-state index is 5.21. The number of benzene rings is 1. The molecule has 0 aromatic heterocycles. The van der Waals surface area contributed by atoms with Crippen molar-refractivity contribution < 1.29 is 4.74 Å². The van der Waals surface area contributed by atoms with Crippen molar-refractivity contribution in [1.82, 2.24) is 10.6 Å². The molecule has 2 N–H and O–H groups in total. The van der Waals surface area contributed by atoms with Gasteiger partial charge < -0.3 is 15.4 Å². The zero-order valence-electron chi connectivity index (χ0n) is 11.0. The molecule has 0 unspecified atom stereocenters. The van der Waals surface area contributed by atoms with Gasteiger partial charge in [-0.25, -0.2) is 0 Å². The van der Waals surface area contributed by atoms with Gasteiger partial charge in [-0.05, 0) is 30.5 Å². The number of methoxy groups -OCH3 is 1. The van der Waals surface area contributed by atoms with E-state index >= 15 is 0 Å². The summed E-state index contributed by atoms with van der Waals surface area (Å²) < 4.78 is 5.21. The molecule has 1 aliphatic heterocycles. The molecule has 98 valence electrons. The molecule has 2 aliphatic rings. The van der Waals surface area contributed by atoms with Crippen molar-refractivity contribution >= 4 is 0 Å². The highest BCUT2D eigenvalue weighted by atomic mass is 16.5. The lowest BCUT2D eigenvalue weighted by Gasteiger charge is -2.41. The van der Waals surface area contributed by atoms with E-state index in [2.05, 4.69) is 22.8 Å². The Kier molecular flexibility index (Phi) is 3.52. The van der Waals surface area contributed by atoms with Crippen molar-refractivity contribution in [2.45, 2.75) is 43.8 Å². The van der Waals surface area contributed by atoms with Crippen LogP contribution < -0.4 is 15.4 Å². The number of fused-ring (bicyclic) bond motifs is 1. The molecule has 0 bridgehead atoms. The average Bonchev–Trinajstić information content (AvgIpc) is 2.47. The first-order valence-corrected chi connectivity index (χ1v) is 7.00. The molecular formula is C15H22N2O. The van der Waals surface area contributed by atoms with Gasteiger partial charge in [0, 0.05) is 24.7 Å². The van der Waals surface area contributed by atoms with Crippen molar-refractivity contribution in [3.63, 3.8) is 0 Å². The quantitative estimate of drug-likeness (QED) is 0.839. The van der Waals surface area contributed by atoms with Crippen molar-refractivity contribution in [3.8, 4) is 5.75 Å². The zero-order valence-corrected chi connectivity index (χ0v) is 11.0. The van der Waals surface area contributed by atoms with Gasteiger partial charge in [-0.2, -0.15) is 0 Å². The minimum absolute atomic E-state index is 0.440. The lowest BCUT2D eigenvalue weighted by molar-refractivity contribution is 0.213. The van der Waals surface area contributed by atoms with Crippen LogP contribution in [-0.4, -0.2) is 25.7 Å². The van der Waals surface area contributed by atoms with E-state index in [1.807, 2.05) is 12.1 Å². The molecule has 18 heavy (non-hydrogen) atoms. The van der Waals surface area contributed by atoms with Crippen LogP contribution in [0.15, 0.2) is 24.3 Å². The van der Waals surface area contributed by atoms with Gasteiger partial charge in [-0.3, -0.25) is 0 Å². The van der Waals surface area contributed by atoms with Gasteiger partial charge in [0.25, 0.3) is 0 Å². The lowest BCUT2D eigenvalue weighted by Crippen LogP contribution is -2.58. The maximum atomic E-state index is 5.21. The Hall–Kier alpha value is -1.06. The third kappa shape index (κ3) is 2.38. The Bertz CT molecular complexity index is 390. The molecule has 1 heterocycles. The summed E-state index contributed by atoms with van der Waals surface area (Å²) in [7, 11) is 1.71. The van der Waals surface area contributed by atoms with Crippen LogP contribution >= 0.6 is 0 Å². The predicted octanol–water partition coefficient (Wildman–Crippen LogP) is 2.24. The summed E-state index contributed by atoms with van der Waals surface area (Å²) in [6.45, 7) is 1.04. The van der Waals surface area contributed by atoms with Gasteiger partial charge in [0.05, 0.1) is 7.11 Å². The highest BCUT2D eigenvalue weighted by Crippen LogP contribution is 2.26. The van der Waals surface area contributed by atoms with Crippen LogP contribution in [0.25, 0.3) is 0 Å². The second-order valence-corrected chi connectivity index (χ2v) is 5.40. The van der Waals surface area contributed by atoms with Gasteiger partial charge in [-0.15, -0.1) is 0 Å². The van der Waals surface area contributed by atoms with E-state index in [0.29, 0.717) is 18.1 Å². The largest absolute Gasteiger partial charge is 0.497 e. The number of hydrogen-bond donors (Lipinski definition) is 2. The number of hydrogen-bond acceptors (Lipinski definition) is 3. The smallest absolute Gasteiger partial charge is 0.118 e. The van der Waals surface area contributed by atoms with Crippen LogP contribution in [0.4, 0.5) is 0 Å². The first-order chi connectivity index (χ1) is 8.86. The molecular weight excluding hydrogens is 224 g/mol. The summed E-state index contributed by atoms with van der Waals surface area (Å²) in [5.41, 5.74) is 1.35. The van der Waals surface area contributed by atoms with E-state index in [1.54, 1.807) is 7.11 Å². The van der Waals surface area contributed by atoms with Gasteiger partial charge in [0.15, 0.2) is 0 Å². The Morgan fingerprint density at radius 3 is 2.50 bits per heavy atom. The standard InChI is InChI=1S/C15H22N2O/c1-18-12-8-6-11(7-9-12)15-10-16-13-4-2-3-5-14(13)17-15/h6-9,13-17H,2-5,10H2,1H3/t13-,14+,15-/m1/s1. The molecule has 1 saturated carbocycles. The van der Waals surface area contributed by atoms with E-state index in [-0.39, 0.29) is 0 Å². The van der Waals surface area contributed by atoms with Crippen molar-refractivity contribution in [3.05, 3.63) is 29.8 Å². The predicted molar refractivity (Wildman–Crippen MR) is 72.9 cm³/mol. The first-order valence-electron chi connectivity index (χ1n) is 7.00. The van der Waals surface area contributed by atoms with Crippen molar-refractivity contribution in [2.75, 3.05) is 13.7 Å². The molecule has 0 spiro atoms. The number of piperazine rings is 1. The molecule has 3 heteroatoms. The third-order valence-corrected chi connectivity index (χ3v) is 4.28. The minimum atomic E-state index is 0.440. The molecule has 1 aliphatic carbocycles. The fourth-order valence-corrected chi connectivity index (χ4v) is 3.21. The van der Waals surface area contributed by atoms with Crippen LogP contribution in [0.2, 0.25) is 0 Å². The van der Waals surface area contributed by atoms with E-state index in [0.717, 1.165) is 12.3 Å². The van der Waals surface area contributed by atoms with Crippen molar-refractivity contribution in [1.29, 1.82) is 0 Å². The molecule has 0 amide bonds. The van der Waals surface area contributed by atoms with Crippen LogP contribution in [0.5, 0.6) is 5.75 Å². The van der Waals surface area contributed by atoms with Gasteiger partial charge in [-0.1, -0.05) is 25.0 Å². The van der Waals surface area contributed by atoms with Gasteiger partial charge in [0.2, 0.25) is 0 Å². The summed E-state index contributed by atoms with van der Waals surface area (Å²) in [5, 5.41) is 7.51. The first kappa shape index (κ1) is 12.0. The fourth-order valence-electron chi connectivity index (χ4n) is 3.21. The Morgan fingerprint density at radius 1 is 1.06 bits per heavy atom. The minimum Gasteiger partial charge on any atom is -0.497 e. The molecule has 3 rings (SSSR count). The topological polar surface area (TPSA) is 33.3 Å². The summed E-state index contributed by atoms with van der Waals surface area (Å²) >= 11 is 0. The average molecular weight is 246 g/mol. The summed E-state index contributed by atoms with van der Waals surface area (Å²) in [5.74, 6) is 0.929. The van der Waals surface area contributed by atoms with E-state index in [1.165, 1.54) is 31.2 Å². The van der Waals surface area contributed by atoms with Crippen LogP contribution in [0, 0.1) is 0 Å². The van der Waals surface area contributed by atoms with Crippen LogP contribution in [0.3, 0.4) is 0 Å². The maximum Gasteiger partial charge on any atom is 0.118 e. The highest BCUT2D eigenvalue weighted by Gasteiger charge is 2.31. The normalized spacial score (nSPS) is 31.7. The molecule has 1 aromatic rings. The van der Waals surface area contributed by atoms with Crippen LogP contribution in [-0.2, 0) is 0 Å². The lowest BCUT2D eigenvalue weighted by atomic mass is 9.87. The monoisotopic (exact) mass is 246 g/mol. The molecule has 3 atom stereocenters. The highest BCUT2D eigenvalue weighted by molar-refractivity contribution is 5.29. The Morgan fingerprint density at radius 2 is 1.78 bits per heavy atom. The second kappa shape index (κ2) is 5.29. The summed E-state index contributed by atoms with van der Waals surface area (Å²) in [4.78, 5) is 0. The molecule has 1 aromatic carbocycles. The van der Waals surface area contributed by atoms with E-state index in [4.69, 9.17) is 4.74 Å².